The van der Waals surface area contributed by atoms with Crippen molar-refractivity contribution in [1.82, 2.24) is 4.90 Å². The molecule has 1 aliphatic heterocycles. The fraction of sp³-hybridized carbons (Fsp3) is 0.526. The summed E-state index contributed by atoms with van der Waals surface area (Å²) in [5.74, 6) is -0.583. The third kappa shape index (κ3) is 4.38. The van der Waals surface area contributed by atoms with Crippen LogP contribution in [-0.2, 0) is 14.3 Å². The van der Waals surface area contributed by atoms with Crippen molar-refractivity contribution in [2.45, 2.75) is 33.6 Å². The predicted octanol–water partition coefficient (Wildman–Crippen LogP) is 2.70. The minimum atomic E-state index is -1.18. The van der Waals surface area contributed by atoms with Crippen molar-refractivity contribution in [3.05, 3.63) is 29.8 Å². The van der Waals surface area contributed by atoms with E-state index in [1.807, 2.05) is 0 Å². The van der Waals surface area contributed by atoms with Crippen LogP contribution < -0.4 is 5.32 Å². The fourth-order valence-electron chi connectivity index (χ4n) is 3.00. The van der Waals surface area contributed by atoms with Gasteiger partial charge in [0.1, 0.15) is 5.41 Å². The second kappa shape index (κ2) is 7.68. The van der Waals surface area contributed by atoms with Gasteiger partial charge in [-0.25, -0.2) is 4.79 Å². The lowest BCUT2D eigenvalue weighted by Gasteiger charge is -2.36. The topological polar surface area (TPSA) is 75.7 Å². The zero-order valence-corrected chi connectivity index (χ0v) is 15.3. The Kier molecular flexibility index (Phi) is 5.82. The molecular weight excluding hydrogens is 320 g/mol. The first kappa shape index (κ1) is 19.0. The number of carbonyl (C=O) groups is 3. The van der Waals surface area contributed by atoms with E-state index in [4.69, 9.17) is 0 Å². The molecule has 2 amide bonds. The number of rotatable bonds is 4. The number of benzene rings is 1. The van der Waals surface area contributed by atoms with Gasteiger partial charge in [-0.2, -0.15) is 0 Å². The van der Waals surface area contributed by atoms with Crippen LogP contribution in [0, 0.1) is 11.3 Å². The van der Waals surface area contributed by atoms with Gasteiger partial charge >= 0.3 is 5.97 Å². The lowest BCUT2D eigenvalue weighted by atomic mass is 9.88. The van der Waals surface area contributed by atoms with Gasteiger partial charge in [-0.3, -0.25) is 9.59 Å². The highest BCUT2D eigenvalue weighted by atomic mass is 16.5. The number of ether oxygens (including phenoxy) is 1. The molecular formula is C19H26N2O4. The molecule has 0 radical (unpaired) electrons. The van der Waals surface area contributed by atoms with Crippen LogP contribution in [0.3, 0.4) is 0 Å². The van der Waals surface area contributed by atoms with Crippen LogP contribution in [0.2, 0.25) is 0 Å². The zero-order valence-electron chi connectivity index (χ0n) is 15.3. The first-order valence-electron chi connectivity index (χ1n) is 8.55. The number of anilines is 1. The van der Waals surface area contributed by atoms with Crippen LogP contribution in [0.15, 0.2) is 24.3 Å². The van der Waals surface area contributed by atoms with E-state index >= 15 is 0 Å². The molecule has 0 spiro atoms. The van der Waals surface area contributed by atoms with Crippen LogP contribution in [0.1, 0.15) is 44.0 Å². The minimum absolute atomic E-state index is 0.166. The Balaban J connectivity index is 2.10. The highest BCUT2D eigenvalue weighted by Crippen LogP contribution is 2.26. The summed E-state index contributed by atoms with van der Waals surface area (Å²) in [4.78, 5) is 38.9. The summed E-state index contributed by atoms with van der Waals surface area (Å²) in [7, 11) is 1.30. The Morgan fingerprint density at radius 3 is 2.64 bits per heavy atom. The number of hydrogen-bond donors (Lipinski definition) is 1. The molecule has 1 aromatic rings. The van der Waals surface area contributed by atoms with Gasteiger partial charge in [0.05, 0.1) is 12.7 Å². The SMILES string of the molecule is COC(=O)c1cccc(NC(=O)C(C)(C)C(=O)N2CCCC(C)C2)c1. The van der Waals surface area contributed by atoms with Gasteiger partial charge in [-0.15, -0.1) is 0 Å². The van der Waals surface area contributed by atoms with Gasteiger partial charge in [-0.05, 0) is 50.8 Å². The number of piperidine rings is 1. The summed E-state index contributed by atoms with van der Waals surface area (Å²) in [5, 5.41) is 2.74. The average molecular weight is 346 g/mol. The first-order valence-corrected chi connectivity index (χ1v) is 8.55. The van der Waals surface area contributed by atoms with Crippen molar-refractivity contribution in [1.29, 1.82) is 0 Å². The molecule has 25 heavy (non-hydrogen) atoms. The van der Waals surface area contributed by atoms with E-state index < -0.39 is 17.3 Å². The standard InChI is InChI=1S/C19H26N2O4/c1-13-7-6-10-21(12-13)18(24)19(2,3)17(23)20-15-9-5-8-14(11-15)16(22)25-4/h5,8-9,11,13H,6-7,10,12H2,1-4H3,(H,20,23). The molecule has 1 saturated heterocycles. The van der Waals surface area contributed by atoms with E-state index in [-0.39, 0.29) is 5.91 Å². The first-order chi connectivity index (χ1) is 11.8. The average Bonchev–Trinajstić information content (AvgIpc) is 2.60. The monoisotopic (exact) mass is 346 g/mol. The third-order valence-electron chi connectivity index (χ3n) is 4.59. The lowest BCUT2D eigenvalue weighted by molar-refractivity contribution is -0.147. The Morgan fingerprint density at radius 2 is 2.00 bits per heavy atom. The molecule has 1 unspecified atom stereocenters. The van der Waals surface area contributed by atoms with Crippen molar-refractivity contribution in [3.63, 3.8) is 0 Å². The van der Waals surface area contributed by atoms with Crippen molar-refractivity contribution in [2.75, 3.05) is 25.5 Å². The molecule has 1 fully saturated rings. The number of nitrogens with one attached hydrogen (secondary N) is 1. The molecule has 0 aromatic heterocycles. The Bertz CT molecular complexity index is 669. The summed E-state index contributed by atoms with van der Waals surface area (Å²) >= 11 is 0. The molecule has 6 heteroatoms. The largest absolute Gasteiger partial charge is 0.465 e. The summed E-state index contributed by atoms with van der Waals surface area (Å²) in [5.41, 5.74) is -0.381. The molecule has 0 aliphatic carbocycles. The van der Waals surface area contributed by atoms with E-state index in [0.717, 1.165) is 12.8 Å². The summed E-state index contributed by atoms with van der Waals surface area (Å²) in [6, 6.07) is 6.47. The Labute approximate surface area is 148 Å². The lowest BCUT2D eigenvalue weighted by Crippen LogP contribution is -2.50. The molecule has 0 bridgehead atoms. The number of nitrogens with zero attached hydrogens (tertiary/aromatic N) is 1. The van der Waals surface area contributed by atoms with Crippen LogP contribution in [-0.4, -0.2) is 42.9 Å². The molecule has 136 valence electrons. The number of hydrogen-bond acceptors (Lipinski definition) is 4. The van der Waals surface area contributed by atoms with Crippen molar-refractivity contribution < 1.29 is 19.1 Å². The van der Waals surface area contributed by atoms with Crippen LogP contribution in [0.25, 0.3) is 0 Å². The van der Waals surface area contributed by atoms with Gasteiger partial charge < -0.3 is 15.0 Å². The number of likely N-dealkylation sites (tertiary alicyclic amines) is 1. The van der Waals surface area contributed by atoms with Crippen molar-refractivity contribution in [2.24, 2.45) is 11.3 Å². The van der Waals surface area contributed by atoms with E-state index in [1.54, 1.807) is 36.9 Å². The zero-order chi connectivity index (χ0) is 18.6. The minimum Gasteiger partial charge on any atom is -0.465 e. The molecule has 1 atom stereocenters. The molecule has 0 saturated carbocycles. The molecule has 1 aromatic carbocycles. The maximum absolute atomic E-state index is 12.8. The van der Waals surface area contributed by atoms with Gasteiger partial charge in [0.15, 0.2) is 0 Å². The summed E-state index contributed by atoms with van der Waals surface area (Å²) in [6.07, 6.45) is 2.07. The summed E-state index contributed by atoms with van der Waals surface area (Å²) in [6.45, 7) is 6.76. The van der Waals surface area contributed by atoms with Gasteiger partial charge in [-0.1, -0.05) is 13.0 Å². The second-order valence-corrected chi connectivity index (χ2v) is 7.15. The van der Waals surface area contributed by atoms with E-state index in [1.165, 1.54) is 13.2 Å². The summed E-state index contributed by atoms with van der Waals surface area (Å²) < 4.78 is 4.68. The smallest absolute Gasteiger partial charge is 0.337 e. The second-order valence-electron chi connectivity index (χ2n) is 7.15. The van der Waals surface area contributed by atoms with Crippen LogP contribution in [0.5, 0.6) is 0 Å². The molecule has 6 nitrogen and oxygen atoms in total. The maximum Gasteiger partial charge on any atom is 0.337 e. The predicted molar refractivity (Wildman–Crippen MR) is 95.2 cm³/mol. The van der Waals surface area contributed by atoms with Crippen molar-refractivity contribution >= 4 is 23.5 Å². The van der Waals surface area contributed by atoms with Gasteiger partial charge in [0, 0.05) is 18.8 Å². The molecule has 1 N–H and O–H groups in total. The third-order valence-corrected chi connectivity index (χ3v) is 4.59. The van der Waals surface area contributed by atoms with E-state index in [2.05, 4.69) is 17.0 Å². The van der Waals surface area contributed by atoms with Gasteiger partial charge in [0.2, 0.25) is 11.8 Å². The van der Waals surface area contributed by atoms with E-state index in [0.29, 0.717) is 30.3 Å². The highest BCUT2D eigenvalue weighted by molar-refractivity contribution is 6.10. The molecule has 2 rings (SSSR count). The number of carbonyl (C=O) groups excluding carboxylic acids is 3. The Morgan fingerprint density at radius 1 is 1.28 bits per heavy atom. The normalized spacial score (nSPS) is 17.8. The Hall–Kier alpha value is -2.37. The fourth-order valence-corrected chi connectivity index (χ4v) is 3.00. The molecule has 1 heterocycles. The maximum atomic E-state index is 12.8. The van der Waals surface area contributed by atoms with E-state index in [9.17, 15) is 14.4 Å². The van der Waals surface area contributed by atoms with Crippen LogP contribution in [0.4, 0.5) is 5.69 Å². The highest BCUT2D eigenvalue weighted by Gasteiger charge is 2.40. The number of amides is 2. The van der Waals surface area contributed by atoms with Crippen molar-refractivity contribution in [3.8, 4) is 0 Å². The number of methoxy groups -OCH3 is 1. The number of esters is 1. The molecule has 1 aliphatic rings. The van der Waals surface area contributed by atoms with Crippen LogP contribution >= 0.6 is 0 Å². The quantitative estimate of drug-likeness (QED) is 0.672. The van der Waals surface area contributed by atoms with Gasteiger partial charge in [0.25, 0.3) is 0 Å².